The van der Waals surface area contributed by atoms with Crippen molar-refractivity contribution in [2.45, 2.75) is 270 Å². The molecule has 0 bridgehead atoms. The normalized spacial score (nSPS) is 14.3. The number of quaternary nitrogens is 1. The number of phosphoric ester groups is 1. The molecule has 0 heterocycles. The molecule has 0 saturated carbocycles. The highest BCUT2D eigenvalue weighted by Crippen LogP contribution is 2.43. The maximum absolute atomic E-state index is 13.5. The second-order valence-corrected chi connectivity index (χ2v) is 22.9. The monoisotopic (exact) mass is 1060 g/mol. The number of hydrogen-bond donors (Lipinski definition) is 2. The number of nitrogens with zero attached hydrogens (tertiary/aromatic N) is 1. The highest BCUT2D eigenvalue weighted by atomic mass is 31.2. The van der Waals surface area contributed by atoms with E-state index in [1.165, 1.54) is 109 Å². The molecule has 74 heavy (non-hydrogen) atoms. The van der Waals surface area contributed by atoms with E-state index in [1.54, 1.807) is 0 Å². The number of phosphoric acid groups is 1. The molecule has 0 aromatic rings. The van der Waals surface area contributed by atoms with Crippen LogP contribution in [0.5, 0.6) is 0 Å². The molecule has 0 rings (SSSR count). The van der Waals surface area contributed by atoms with Gasteiger partial charge in [-0.1, -0.05) is 228 Å². The zero-order chi connectivity index (χ0) is 54.3. The van der Waals surface area contributed by atoms with Gasteiger partial charge in [0.15, 0.2) is 0 Å². The van der Waals surface area contributed by atoms with Gasteiger partial charge in [0.25, 0.3) is 0 Å². The maximum atomic E-state index is 13.5. The van der Waals surface area contributed by atoms with Crippen molar-refractivity contribution in [3.8, 4) is 0 Å². The molecule has 2 N–H and O–H groups in total. The minimum Gasteiger partial charge on any atom is -0.456 e. The van der Waals surface area contributed by atoms with E-state index >= 15 is 0 Å². The van der Waals surface area contributed by atoms with Crippen LogP contribution >= 0.6 is 7.82 Å². The number of hydrogen-bond acceptors (Lipinski definition) is 6. The van der Waals surface area contributed by atoms with Crippen molar-refractivity contribution < 1.29 is 37.3 Å². The van der Waals surface area contributed by atoms with E-state index in [0.717, 1.165) is 109 Å². The molecule has 0 saturated heterocycles. The van der Waals surface area contributed by atoms with Crippen LogP contribution in [0.2, 0.25) is 0 Å². The lowest BCUT2D eigenvalue weighted by molar-refractivity contribution is -0.870. The van der Waals surface area contributed by atoms with E-state index in [2.05, 4.69) is 99.0 Å². The SMILES string of the molecule is CC/C=C/C/C=C/C/C=C/CCCCCCC(=O)OC(/C=C\CCCCCCCCCCC)C(COP(=O)(O)OCC[N+](C)(C)C)NC(=O)CCCCCCCCCCCC/C=C\C/C=C\C/C=C\CCCCC. The van der Waals surface area contributed by atoms with Gasteiger partial charge >= 0.3 is 13.8 Å². The second-order valence-electron chi connectivity index (χ2n) is 21.5. The number of nitrogens with one attached hydrogen (secondary N) is 1. The Hall–Kier alpha value is -2.81. The third-order valence-electron chi connectivity index (χ3n) is 13.1. The summed E-state index contributed by atoms with van der Waals surface area (Å²) in [6, 6.07) is -0.863. The van der Waals surface area contributed by atoms with E-state index < -0.39 is 20.0 Å². The van der Waals surface area contributed by atoms with E-state index in [-0.39, 0.29) is 31.5 Å². The van der Waals surface area contributed by atoms with Crippen LogP contribution in [-0.2, 0) is 27.9 Å². The fourth-order valence-electron chi connectivity index (χ4n) is 8.37. The van der Waals surface area contributed by atoms with Gasteiger partial charge in [-0.05, 0) is 102 Å². The van der Waals surface area contributed by atoms with Crippen molar-refractivity contribution in [1.82, 2.24) is 5.32 Å². The fraction of sp³-hybridized carbons (Fsp3) is 0.750. The Morgan fingerprint density at radius 2 is 0.865 bits per heavy atom. The fourth-order valence-corrected chi connectivity index (χ4v) is 9.11. The van der Waals surface area contributed by atoms with Crippen LogP contribution in [0.25, 0.3) is 0 Å². The van der Waals surface area contributed by atoms with Crippen LogP contribution in [0.1, 0.15) is 258 Å². The number of likely N-dealkylation sites (N-methyl/N-ethyl adjacent to an activating group) is 1. The molecule has 1 amide bonds. The lowest BCUT2D eigenvalue weighted by Gasteiger charge is -2.27. The van der Waals surface area contributed by atoms with Gasteiger partial charge in [-0.3, -0.25) is 18.6 Å². The first-order chi connectivity index (χ1) is 35.9. The number of ether oxygens (including phenoxy) is 1. The van der Waals surface area contributed by atoms with Gasteiger partial charge in [0.05, 0.1) is 33.8 Å². The molecule has 0 aliphatic carbocycles. The molecule has 0 aromatic carbocycles. The first kappa shape index (κ1) is 71.2. The van der Waals surface area contributed by atoms with Crippen LogP contribution in [0.4, 0.5) is 0 Å². The maximum Gasteiger partial charge on any atom is 0.472 e. The van der Waals surface area contributed by atoms with E-state index in [0.29, 0.717) is 23.9 Å². The third kappa shape index (κ3) is 54.0. The van der Waals surface area contributed by atoms with Crippen molar-refractivity contribution in [2.24, 2.45) is 0 Å². The van der Waals surface area contributed by atoms with Crippen LogP contribution in [0, 0.1) is 0 Å². The van der Waals surface area contributed by atoms with Gasteiger partial charge in [-0.25, -0.2) is 4.57 Å². The molecule has 3 unspecified atom stereocenters. The average molecular weight is 1060 g/mol. The van der Waals surface area contributed by atoms with Crippen molar-refractivity contribution in [3.63, 3.8) is 0 Å². The zero-order valence-corrected chi connectivity index (χ0v) is 49.7. The van der Waals surface area contributed by atoms with E-state index in [9.17, 15) is 19.0 Å². The van der Waals surface area contributed by atoms with E-state index in [4.69, 9.17) is 13.8 Å². The molecule has 0 fully saturated rings. The Kier molecular flexibility index (Phi) is 51.5. The quantitative estimate of drug-likeness (QED) is 0.0205. The van der Waals surface area contributed by atoms with Crippen molar-refractivity contribution >= 4 is 19.7 Å². The first-order valence-corrected chi connectivity index (χ1v) is 31.9. The summed E-state index contributed by atoms with van der Waals surface area (Å²) in [4.78, 5) is 37.6. The number of carbonyl (C=O) groups excluding carboxylic acids is 2. The van der Waals surface area contributed by atoms with Crippen molar-refractivity contribution in [2.75, 3.05) is 40.9 Å². The average Bonchev–Trinajstić information content (AvgIpc) is 3.36. The molecule has 428 valence electrons. The predicted molar refractivity (Wildman–Crippen MR) is 318 cm³/mol. The van der Waals surface area contributed by atoms with Crippen LogP contribution < -0.4 is 5.32 Å². The lowest BCUT2D eigenvalue weighted by Crippen LogP contribution is -2.47. The van der Waals surface area contributed by atoms with Crippen LogP contribution in [0.3, 0.4) is 0 Å². The van der Waals surface area contributed by atoms with Gasteiger partial charge in [-0.2, -0.15) is 0 Å². The summed E-state index contributed by atoms with van der Waals surface area (Å²) in [7, 11) is 1.47. The molecule has 0 spiro atoms. The van der Waals surface area contributed by atoms with Gasteiger partial charge in [0, 0.05) is 12.8 Å². The Morgan fingerprint density at radius 3 is 1.32 bits per heavy atom. The summed E-state index contributed by atoms with van der Waals surface area (Å²) in [6.45, 7) is 6.84. The van der Waals surface area contributed by atoms with Gasteiger partial charge < -0.3 is 19.4 Å². The van der Waals surface area contributed by atoms with Crippen LogP contribution in [0.15, 0.2) is 85.1 Å². The van der Waals surface area contributed by atoms with Gasteiger partial charge in [0.2, 0.25) is 5.91 Å². The lowest BCUT2D eigenvalue weighted by atomic mass is 10.0. The summed E-state index contributed by atoms with van der Waals surface area (Å²) in [5.74, 6) is -0.538. The highest BCUT2D eigenvalue weighted by Gasteiger charge is 2.30. The van der Waals surface area contributed by atoms with Crippen LogP contribution in [-0.4, -0.2) is 74.3 Å². The number of rotatable bonds is 54. The first-order valence-electron chi connectivity index (χ1n) is 30.4. The molecular formula is C64H116N2O7P+. The number of amides is 1. The summed E-state index contributed by atoms with van der Waals surface area (Å²) in [6.07, 6.45) is 70.1. The second kappa shape index (κ2) is 53.6. The Morgan fingerprint density at radius 1 is 0.486 bits per heavy atom. The molecule has 3 atom stereocenters. The van der Waals surface area contributed by atoms with Crippen molar-refractivity contribution in [3.05, 3.63) is 85.1 Å². The predicted octanol–water partition coefficient (Wildman–Crippen LogP) is 18.6. The third-order valence-corrected chi connectivity index (χ3v) is 14.1. The number of unbranched alkanes of at least 4 members (excludes halogenated alkanes) is 26. The summed E-state index contributed by atoms with van der Waals surface area (Å²) in [5, 5.41) is 3.04. The number of esters is 1. The van der Waals surface area contributed by atoms with Gasteiger partial charge in [0.1, 0.15) is 19.3 Å². The Labute approximate surface area is 456 Å². The number of allylic oxidation sites excluding steroid dienone is 13. The number of carbonyl (C=O) groups is 2. The molecule has 0 aromatic heterocycles. The Bertz CT molecular complexity index is 1540. The standard InChI is InChI=1S/C64H115N2O7P/c1-7-10-13-16-19-22-25-27-29-30-31-32-33-34-35-36-37-38-41-44-47-50-53-56-63(67)65-61(60-72-74(69,70)71-59-58-66(4,5)6)62(55-52-49-46-43-40-24-21-18-15-12-9-3)73-64(68)57-54-51-48-45-42-39-28-26-23-20-17-14-11-8-2/h11,14,19-20,22-23,27-29,31-32,39,52,55,61-62H,7-10,12-13,15-18,21,24-26,30,33-38,40-51,53-54,56-60H2,1-6H3,(H-,65,67,69,70)/p+1/b14-11+,22-19-,23-20+,29-27-,32-31-,39-28+,55-52-. The minimum absolute atomic E-state index is 0.0323. The largest absolute Gasteiger partial charge is 0.472 e. The highest BCUT2D eigenvalue weighted by molar-refractivity contribution is 7.47. The molecule has 0 aliphatic rings. The van der Waals surface area contributed by atoms with Crippen molar-refractivity contribution in [1.29, 1.82) is 0 Å². The smallest absolute Gasteiger partial charge is 0.456 e. The van der Waals surface area contributed by atoms with E-state index in [1.807, 2.05) is 33.3 Å². The Balaban J connectivity index is 5.20. The molecule has 0 radical (unpaired) electrons. The molecular weight excluding hydrogens is 940 g/mol. The summed E-state index contributed by atoms with van der Waals surface area (Å²) < 4.78 is 30.6. The molecule has 9 nitrogen and oxygen atoms in total. The molecule has 0 aliphatic heterocycles. The topological polar surface area (TPSA) is 111 Å². The summed E-state index contributed by atoms with van der Waals surface area (Å²) in [5.41, 5.74) is 0. The molecule has 10 heteroatoms. The minimum atomic E-state index is -4.45. The zero-order valence-electron chi connectivity index (χ0n) is 48.8. The summed E-state index contributed by atoms with van der Waals surface area (Å²) >= 11 is 0. The van der Waals surface area contributed by atoms with Gasteiger partial charge in [-0.15, -0.1) is 0 Å².